The second kappa shape index (κ2) is 18.3. The number of hydrogen-bond donors (Lipinski definition) is 0. The zero-order chi connectivity index (χ0) is 58.8. The van der Waals surface area contributed by atoms with Gasteiger partial charge in [0.05, 0.1) is 56.4 Å². The van der Waals surface area contributed by atoms with Crippen molar-refractivity contribution < 1.29 is 0 Å². The third kappa shape index (κ3) is 6.74. The van der Waals surface area contributed by atoms with E-state index < -0.39 is 0 Å². The van der Waals surface area contributed by atoms with Gasteiger partial charge in [-0.1, -0.05) is 158 Å². The number of nitrogens with zero attached hydrogens (tertiary/aromatic N) is 4. The molecule has 4 fully saturated rings. The van der Waals surface area contributed by atoms with Gasteiger partial charge in [-0.05, 0) is 249 Å². The fraction of sp³-hybridized carbons (Fsp3) is 0.209. The maximum absolute atomic E-state index is 11.5. The minimum absolute atomic E-state index is 0.411. The lowest BCUT2D eigenvalue weighted by molar-refractivity contribution is 0.166. The quantitative estimate of drug-likeness (QED) is 0.167. The minimum atomic E-state index is 0.411. The molecule has 4 aromatic heterocycles. The van der Waals surface area contributed by atoms with Gasteiger partial charge in [-0.15, -0.1) is 0 Å². The molecule has 4 heterocycles. The first-order valence-corrected chi connectivity index (χ1v) is 33.4. The molecule has 4 atom stereocenters. The van der Waals surface area contributed by atoms with Gasteiger partial charge in [0.1, 0.15) is 0 Å². The molecule has 90 heavy (non-hydrogen) atoms. The summed E-state index contributed by atoms with van der Waals surface area (Å²) in [6.07, 6.45) is 12.3. The van der Waals surface area contributed by atoms with Crippen LogP contribution in [0.3, 0.4) is 0 Å². The van der Waals surface area contributed by atoms with Gasteiger partial charge in [0, 0.05) is 43.1 Å². The number of rotatable bonds is 6. The van der Waals surface area contributed by atoms with Crippen LogP contribution < -0.4 is 0 Å². The normalized spacial score (nSPS) is 22.2. The first-order chi connectivity index (χ1) is 44.5. The van der Waals surface area contributed by atoms with Crippen LogP contribution in [0.1, 0.15) is 121 Å². The lowest BCUT2D eigenvalue weighted by Crippen LogP contribution is -2.25. The Balaban J connectivity index is 0.944. The predicted octanol–water partition coefficient (Wildman–Crippen LogP) is 22.5. The minimum Gasteiger partial charge on any atom is -0.308 e. The van der Waals surface area contributed by atoms with Crippen LogP contribution in [0.5, 0.6) is 0 Å². The third-order valence-electron chi connectivity index (χ3n) is 23.8. The summed E-state index contributed by atoms with van der Waals surface area (Å²) in [5, 5.41) is 33.3. The highest BCUT2D eigenvalue weighted by Gasteiger charge is 2.47. The molecule has 0 saturated heterocycles. The molecule has 0 N–H and O–H groups in total. The lowest BCUT2D eigenvalue weighted by atomic mass is 9.67. The van der Waals surface area contributed by atoms with Crippen molar-refractivity contribution in [2.45, 2.75) is 87.9 Å². The molecule has 0 amide bonds. The summed E-state index contributed by atoms with van der Waals surface area (Å²) in [4.78, 5) is 0. The summed E-state index contributed by atoms with van der Waals surface area (Å²) in [5.74, 6) is 4.48. The maximum Gasteiger partial charge on any atom is 0.0995 e. The van der Waals surface area contributed by atoms with Gasteiger partial charge in [-0.3, -0.25) is 0 Å². The van der Waals surface area contributed by atoms with Crippen molar-refractivity contribution in [3.05, 3.63) is 240 Å². The second-order valence-electron chi connectivity index (χ2n) is 28.4. The maximum atomic E-state index is 11.5. The number of fused-ring (bicyclic) bond motifs is 12. The Morgan fingerprint density at radius 3 is 0.911 bits per heavy atom. The van der Waals surface area contributed by atoms with E-state index in [0.29, 0.717) is 47.3 Å². The SMILES string of the molecule is N#Cc1cc2c(c3c1C1CC4CC(C1)CC3C4)c1cc(-c3c(-c4ccccc4)cccc3-c3ccccc3)cc3c4cc5c(cc4n2c31)c1cc(-c2c(-c3ccccc3)cccc2-c2ccccc2)cc2c3c4c(c(C#N)cc3n5c12)C1CC2CC(C1)CC4C2. The Labute approximate surface area is 522 Å². The average molecular weight is 1150 g/mol. The molecule has 0 spiro atoms. The Kier molecular flexibility index (Phi) is 10.2. The van der Waals surface area contributed by atoms with Gasteiger partial charge in [0.15, 0.2) is 0 Å². The summed E-state index contributed by atoms with van der Waals surface area (Å²) >= 11 is 0. The Hall–Kier alpha value is -10.0. The molecule has 8 bridgehead atoms. The van der Waals surface area contributed by atoms with Gasteiger partial charge in [0.25, 0.3) is 0 Å². The molecule has 23 rings (SSSR count). The van der Waals surface area contributed by atoms with Gasteiger partial charge in [0.2, 0.25) is 0 Å². The molecule has 426 valence electrons. The molecule has 8 aliphatic carbocycles. The van der Waals surface area contributed by atoms with Crippen molar-refractivity contribution in [3.8, 4) is 78.9 Å². The molecule has 0 aliphatic heterocycles. The summed E-state index contributed by atoms with van der Waals surface area (Å²) < 4.78 is 5.23. The van der Waals surface area contributed by atoms with E-state index >= 15 is 0 Å². The molecule has 0 radical (unpaired) electrons. The van der Waals surface area contributed by atoms with Crippen molar-refractivity contribution in [2.24, 2.45) is 23.7 Å². The van der Waals surface area contributed by atoms with E-state index in [1.54, 1.807) is 0 Å². The standard InChI is InChI=1S/C86H62N4/c87-45-61-41-75-83(81-57-33-47-27-48(34-57)30-55(29-47)77(61)81)71-39-59(79-63(51-15-5-1-6-16-51)23-13-24-64(79)52-17-7-2-8-18-52)37-69-67-43-74-68(44-73(67)89(75)85(69)71)70-38-60(80-65(53-19-9-3-10-20-53)25-14-26-66(80)54-21-11-4-12-22-54)40-72-84-76(90(74)86(70)72)42-62(46-88)78-56-31-49-28-50(32-56)36-58(35-49)82(78)84/h1-26,37-44,47-50,55-58H,27-36H2. The summed E-state index contributed by atoms with van der Waals surface area (Å²) in [6.45, 7) is 0. The lowest BCUT2D eigenvalue weighted by Gasteiger charge is -2.38. The number of benzene rings is 11. The van der Waals surface area contributed by atoms with E-state index in [9.17, 15) is 10.5 Å². The average Bonchev–Trinajstić information content (AvgIpc) is 1.54. The molecule has 4 heteroatoms. The van der Waals surface area contributed by atoms with E-state index in [0.717, 1.165) is 22.2 Å². The fourth-order valence-electron chi connectivity index (χ4n) is 21.0. The third-order valence-corrected chi connectivity index (χ3v) is 23.8. The topological polar surface area (TPSA) is 56.4 Å². The summed E-state index contributed by atoms with van der Waals surface area (Å²) in [7, 11) is 0. The smallest absolute Gasteiger partial charge is 0.0995 e. The van der Waals surface area contributed by atoms with Crippen LogP contribution in [-0.4, -0.2) is 8.80 Å². The van der Waals surface area contributed by atoms with Crippen LogP contribution in [-0.2, 0) is 0 Å². The number of aromatic nitrogens is 2. The van der Waals surface area contributed by atoms with Crippen molar-refractivity contribution >= 4 is 76.2 Å². The molecule has 4 nitrogen and oxygen atoms in total. The van der Waals surface area contributed by atoms with Crippen molar-refractivity contribution in [3.63, 3.8) is 0 Å². The van der Waals surface area contributed by atoms with E-state index in [4.69, 9.17) is 0 Å². The van der Waals surface area contributed by atoms with E-state index in [1.807, 2.05) is 0 Å². The fourth-order valence-corrected chi connectivity index (χ4v) is 21.0. The summed E-state index contributed by atoms with van der Waals surface area (Å²) in [6, 6.07) is 83.6. The first-order valence-electron chi connectivity index (χ1n) is 33.4. The van der Waals surface area contributed by atoms with E-state index in [-0.39, 0.29) is 0 Å². The highest BCUT2D eigenvalue weighted by atomic mass is 14.9. The molecule has 4 unspecified atom stereocenters. The van der Waals surface area contributed by atoms with Gasteiger partial charge < -0.3 is 8.80 Å². The largest absolute Gasteiger partial charge is 0.308 e. The molecule has 15 aromatic rings. The van der Waals surface area contributed by atoms with E-state index in [1.165, 1.54) is 218 Å². The number of nitriles is 2. The van der Waals surface area contributed by atoms with Crippen LogP contribution in [0.25, 0.3) is 143 Å². The molecular formula is C86H62N4. The van der Waals surface area contributed by atoms with Crippen molar-refractivity contribution in [1.29, 1.82) is 10.5 Å². The molecule has 8 aliphatic rings. The van der Waals surface area contributed by atoms with Crippen LogP contribution in [0, 0.1) is 46.3 Å². The van der Waals surface area contributed by atoms with Gasteiger partial charge in [-0.25, -0.2) is 0 Å². The van der Waals surface area contributed by atoms with Crippen LogP contribution in [0.4, 0.5) is 0 Å². The first kappa shape index (κ1) is 49.9. The Morgan fingerprint density at radius 2 is 0.589 bits per heavy atom. The van der Waals surface area contributed by atoms with Crippen LogP contribution >= 0.6 is 0 Å². The van der Waals surface area contributed by atoms with Crippen molar-refractivity contribution in [2.75, 3.05) is 0 Å². The highest BCUT2D eigenvalue weighted by Crippen LogP contribution is 2.62. The Morgan fingerprint density at radius 1 is 0.278 bits per heavy atom. The van der Waals surface area contributed by atoms with Gasteiger partial charge >= 0.3 is 0 Å². The van der Waals surface area contributed by atoms with Gasteiger partial charge in [-0.2, -0.15) is 10.5 Å². The molecule has 4 saturated carbocycles. The zero-order valence-corrected chi connectivity index (χ0v) is 50.1. The zero-order valence-electron chi connectivity index (χ0n) is 50.1. The molecule has 11 aromatic carbocycles. The predicted molar refractivity (Wildman–Crippen MR) is 369 cm³/mol. The Bertz CT molecular complexity index is 5180. The molecular weight excluding hydrogens is 1090 g/mol. The van der Waals surface area contributed by atoms with E-state index in [2.05, 4.69) is 227 Å². The van der Waals surface area contributed by atoms with Crippen LogP contribution in [0.2, 0.25) is 0 Å². The van der Waals surface area contributed by atoms with Crippen LogP contribution in [0.15, 0.2) is 206 Å². The second-order valence-corrected chi connectivity index (χ2v) is 28.4. The summed E-state index contributed by atoms with van der Waals surface area (Å²) in [5.41, 5.74) is 29.1. The highest BCUT2D eigenvalue weighted by molar-refractivity contribution is 6.31. The monoisotopic (exact) mass is 1150 g/mol. The number of hydrogen-bond acceptors (Lipinski definition) is 2. The van der Waals surface area contributed by atoms with Crippen molar-refractivity contribution in [1.82, 2.24) is 8.80 Å².